The van der Waals surface area contributed by atoms with Gasteiger partial charge in [0.15, 0.2) is 0 Å². The van der Waals surface area contributed by atoms with E-state index in [2.05, 4.69) is 9.72 Å². The number of carbonyl (C=O) groups is 1. The normalized spacial score (nSPS) is 10.0. The fourth-order valence-corrected chi connectivity index (χ4v) is 1.30. The van der Waals surface area contributed by atoms with E-state index in [-0.39, 0.29) is 5.88 Å². The standard InChI is InChI=1S/C9H5ClF2N2O2/c1-16-9-4(2-13)6(8(11)12)5(3-14-9)7(10)15/h3,8H,1H3. The summed E-state index contributed by atoms with van der Waals surface area (Å²) in [5.41, 5.74) is -1.73. The quantitative estimate of drug-likeness (QED) is 0.768. The minimum Gasteiger partial charge on any atom is -0.480 e. The topological polar surface area (TPSA) is 63.0 Å². The van der Waals surface area contributed by atoms with E-state index in [9.17, 15) is 13.6 Å². The molecule has 0 amide bonds. The largest absolute Gasteiger partial charge is 0.480 e. The summed E-state index contributed by atoms with van der Waals surface area (Å²) in [5, 5.41) is 7.63. The van der Waals surface area contributed by atoms with Crippen LogP contribution in [0.25, 0.3) is 0 Å². The molecule has 4 nitrogen and oxygen atoms in total. The van der Waals surface area contributed by atoms with Crippen molar-refractivity contribution in [2.75, 3.05) is 7.11 Å². The summed E-state index contributed by atoms with van der Waals surface area (Å²) in [6, 6.07) is 1.51. The van der Waals surface area contributed by atoms with Crippen LogP contribution in [-0.4, -0.2) is 17.3 Å². The molecule has 0 radical (unpaired) electrons. The van der Waals surface area contributed by atoms with Crippen molar-refractivity contribution in [1.29, 1.82) is 5.26 Å². The summed E-state index contributed by atoms with van der Waals surface area (Å²) in [6.07, 6.45) is -2.15. The van der Waals surface area contributed by atoms with Crippen LogP contribution >= 0.6 is 11.6 Å². The molecule has 1 rings (SSSR count). The molecule has 0 aliphatic carbocycles. The zero-order valence-corrected chi connectivity index (χ0v) is 8.76. The van der Waals surface area contributed by atoms with Gasteiger partial charge in [-0.1, -0.05) is 0 Å². The van der Waals surface area contributed by atoms with Crippen molar-refractivity contribution >= 4 is 16.8 Å². The van der Waals surface area contributed by atoms with Crippen molar-refractivity contribution in [3.63, 3.8) is 0 Å². The molecular weight excluding hydrogens is 242 g/mol. The first kappa shape index (κ1) is 12.3. The van der Waals surface area contributed by atoms with Gasteiger partial charge in [-0.15, -0.1) is 0 Å². The van der Waals surface area contributed by atoms with Gasteiger partial charge >= 0.3 is 0 Å². The zero-order chi connectivity index (χ0) is 12.3. The first-order valence-corrected chi connectivity index (χ1v) is 4.35. The lowest BCUT2D eigenvalue weighted by atomic mass is 10.1. The van der Waals surface area contributed by atoms with E-state index in [0.29, 0.717) is 0 Å². The number of carbonyl (C=O) groups excluding carboxylic acids is 1. The Morgan fingerprint density at radius 2 is 2.31 bits per heavy atom. The Labute approximate surface area is 94.4 Å². The number of rotatable bonds is 3. The third-order valence-electron chi connectivity index (χ3n) is 1.82. The fraction of sp³-hybridized carbons (Fsp3) is 0.222. The number of aromatic nitrogens is 1. The maximum Gasteiger partial charge on any atom is 0.266 e. The Hall–Kier alpha value is -1.74. The van der Waals surface area contributed by atoms with E-state index in [1.165, 1.54) is 13.2 Å². The lowest BCUT2D eigenvalue weighted by Gasteiger charge is -2.09. The van der Waals surface area contributed by atoms with Gasteiger partial charge in [-0.25, -0.2) is 13.8 Å². The van der Waals surface area contributed by atoms with Crippen LogP contribution in [0, 0.1) is 11.3 Å². The van der Waals surface area contributed by atoms with E-state index < -0.39 is 28.4 Å². The number of alkyl halides is 2. The number of hydrogen-bond donors (Lipinski definition) is 0. The lowest BCUT2D eigenvalue weighted by molar-refractivity contribution is 0.106. The Morgan fingerprint density at radius 1 is 1.69 bits per heavy atom. The number of pyridine rings is 1. The van der Waals surface area contributed by atoms with Crippen molar-refractivity contribution in [3.05, 3.63) is 22.9 Å². The Kier molecular flexibility index (Phi) is 3.74. The second-order valence-corrected chi connectivity index (χ2v) is 3.00. The average molecular weight is 247 g/mol. The van der Waals surface area contributed by atoms with E-state index >= 15 is 0 Å². The minimum absolute atomic E-state index is 0.264. The maximum atomic E-state index is 12.7. The van der Waals surface area contributed by atoms with Gasteiger partial charge < -0.3 is 4.74 Å². The predicted octanol–water partition coefficient (Wildman–Crippen LogP) is 2.28. The molecular formula is C9H5ClF2N2O2. The first-order chi connectivity index (χ1) is 7.52. The molecule has 7 heteroatoms. The summed E-state index contributed by atoms with van der Waals surface area (Å²) in [4.78, 5) is 14.4. The molecule has 0 spiro atoms. The highest BCUT2D eigenvalue weighted by Crippen LogP contribution is 2.31. The molecule has 0 fully saturated rings. The van der Waals surface area contributed by atoms with E-state index in [1.54, 1.807) is 0 Å². The highest BCUT2D eigenvalue weighted by molar-refractivity contribution is 6.67. The fourth-order valence-electron chi connectivity index (χ4n) is 1.15. The highest BCUT2D eigenvalue weighted by Gasteiger charge is 2.25. The van der Waals surface area contributed by atoms with E-state index in [0.717, 1.165) is 6.20 Å². The number of nitrogens with zero attached hydrogens (tertiary/aromatic N) is 2. The van der Waals surface area contributed by atoms with Crippen LogP contribution in [0.15, 0.2) is 6.20 Å². The van der Waals surface area contributed by atoms with Crippen molar-refractivity contribution in [3.8, 4) is 11.9 Å². The van der Waals surface area contributed by atoms with Gasteiger partial charge in [0.2, 0.25) is 5.88 Å². The van der Waals surface area contributed by atoms with E-state index in [1.807, 2.05) is 0 Å². The van der Waals surface area contributed by atoms with Crippen LogP contribution in [0.3, 0.4) is 0 Å². The van der Waals surface area contributed by atoms with Gasteiger partial charge in [0.25, 0.3) is 11.7 Å². The van der Waals surface area contributed by atoms with Crippen molar-refractivity contribution in [2.24, 2.45) is 0 Å². The smallest absolute Gasteiger partial charge is 0.266 e. The van der Waals surface area contributed by atoms with Crippen LogP contribution in [0.5, 0.6) is 5.88 Å². The van der Waals surface area contributed by atoms with Crippen molar-refractivity contribution < 1.29 is 18.3 Å². The molecule has 0 aliphatic heterocycles. The number of halogens is 3. The Bertz CT molecular complexity index is 471. The minimum atomic E-state index is -3.01. The first-order valence-electron chi connectivity index (χ1n) is 3.97. The molecule has 0 saturated heterocycles. The molecule has 0 bridgehead atoms. The molecule has 0 atom stereocenters. The van der Waals surface area contributed by atoms with Crippen molar-refractivity contribution in [2.45, 2.75) is 6.43 Å². The molecule has 0 saturated carbocycles. The summed E-state index contributed by atoms with van der Waals surface area (Å²) in [6.45, 7) is 0. The van der Waals surface area contributed by atoms with Gasteiger partial charge in [-0.2, -0.15) is 5.26 Å². The maximum absolute atomic E-state index is 12.7. The SMILES string of the molecule is COc1ncc(C(=O)Cl)c(C(F)F)c1C#N. The molecule has 84 valence electrons. The monoisotopic (exact) mass is 246 g/mol. The van der Waals surface area contributed by atoms with Crippen molar-refractivity contribution in [1.82, 2.24) is 4.98 Å². The molecule has 0 N–H and O–H groups in total. The number of nitriles is 1. The number of hydrogen-bond acceptors (Lipinski definition) is 4. The number of methoxy groups -OCH3 is 1. The number of ether oxygens (including phenoxy) is 1. The lowest BCUT2D eigenvalue weighted by Crippen LogP contribution is -2.05. The zero-order valence-electron chi connectivity index (χ0n) is 8.00. The molecule has 1 aromatic rings. The van der Waals surface area contributed by atoms with Gasteiger partial charge in [0.1, 0.15) is 11.6 Å². The molecule has 16 heavy (non-hydrogen) atoms. The van der Waals surface area contributed by atoms with Gasteiger partial charge in [-0.3, -0.25) is 4.79 Å². The second kappa shape index (κ2) is 4.86. The van der Waals surface area contributed by atoms with E-state index in [4.69, 9.17) is 16.9 Å². The molecule has 1 heterocycles. The summed E-state index contributed by atoms with van der Waals surface area (Å²) >= 11 is 5.11. The highest BCUT2D eigenvalue weighted by atomic mass is 35.5. The second-order valence-electron chi connectivity index (χ2n) is 2.66. The third-order valence-corrected chi connectivity index (χ3v) is 2.02. The third kappa shape index (κ3) is 2.09. The van der Waals surface area contributed by atoms with Gasteiger partial charge in [-0.05, 0) is 11.6 Å². The van der Waals surface area contributed by atoms with Crippen LogP contribution in [0.4, 0.5) is 8.78 Å². The summed E-state index contributed by atoms with van der Waals surface area (Å²) in [7, 11) is 1.18. The van der Waals surface area contributed by atoms with Gasteiger partial charge in [0, 0.05) is 6.20 Å². The van der Waals surface area contributed by atoms with Crippen LogP contribution in [0.2, 0.25) is 0 Å². The average Bonchev–Trinajstić information content (AvgIpc) is 2.26. The van der Waals surface area contributed by atoms with Crippen LogP contribution in [-0.2, 0) is 0 Å². The molecule has 0 aromatic carbocycles. The Morgan fingerprint density at radius 3 is 2.69 bits per heavy atom. The predicted molar refractivity (Wildman–Crippen MR) is 50.6 cm³/mol. The molecule has 0 unspecified atom stereocenters. The van der Waals surface area contributed by atoms with Gasteiger partial charge in [0.05, 0.1) is 18.2 Å². The van der Waals surface area contributed by atoms with Crippen LogP contribution in [0.1, 0.15) is 27.9 Å². The Balaban J connectivity index is 3.58. The van der Waals surface area contributed by atoms with Crippen LogP contribution < -0.4 is 4.74 Å². The molecule has 0 aliphatic rings. The molecule has 1 aromatic heterocycles. The summed E-state index contributed by atoms with van der Waals surface area (Å²) < 4.78 is 30.1. The summed E-state index contributed by atoms with van der Waals surface area (Å²) in [5.74, 6) is -0.264.